The van der Waals surface area contributed by atoms with Crippen molar-refractivity contribution in [2.45, 2.75) is 5.92 Å². The maximum atomic E-state index is 2.49. The van der Waals surface area contributed by atoms with Gasteiger partial charge in [0.2, 0.25) is 0 Å². The molecule has 0 spiro atoms. The molecule has 0 unspecified atom stereocenters. The highest BCUT2D eigenvalue weighted by molar-refractivity contribution is 14.1. The first kappa shape index (κ1) is 11.1. The molecule has 1 heterocycles. The van der Waals surface area contributed by atoms with Gasteiger partial charge in [0, 0.05) is 28.8 Å². The highest BCUT2D eigenvalue weighted by Crippen LogP contribution is 2.44. The van der Waals surface area contributed by atoms with E-state index in [9.17, 15) is 0 Å². The van der Waals surface area contributed by atoms with Crippen LogP contribution in [0.25, 0.3) is 0 Å². The van der Waals surface area contributed by atoms with Gasteiger partial charge in [-0.25, -0.2) is 0 Å². The van der Waals surface area contributed by atoms with Gasteiger partial charge < -0.3 is 4.90 Å². The second-order valence-electron chi connectivity index (χ2n) is 4.38. The molecule has 0 bridgehead atoms. The Balaban J connectivity index is 2.25. The van der Waals surface area contributed by atoms with Crippen LogP contribution < -0.4 is 4.90 Å². The summed E-state index contributed by atoms with van der Waals surface area (Å²) in [5.74, 6) is 0.527. The van der Waals surface area contributed by atoms with Gasteiger partial charge in [-0.3, -0.25) is 0 Å². The van der Waals surface area contributed by atoms with Crippen molar-refractivity contribution in [1.29, 1.82) is 0 Å². The van der Waals surface area contributed by atoms with Crippen LogP contribution in [0.2, 0.25) is 0 Å². The van der Waals surface area contributed by atoms with Gasteiger partial charge in [0.1, 0.15) is 0 Å². The fourth-order valence-corrected chi connectivity index (χ4v) is 3.59. The lowest BCUT2D eigenvalue weighted by Gasteiger charge is -2.34. The van der Waals surface area contributed by atoms with Gasteiger partial charge >= 0.3 is 0 Å². The molecule has 1 aliphatic heterocycles. The quantitative estimate of drug-likeness (QED) is 0.554. The van der Waals surface area contributed by atoms with Crippen LogP contribution in [0.15, 0.2) is 48.5 Å². The molecule has 86 valence electrons. The molecule has 0 saturated heterocycles. The first-order valence-corrected chi connectivity index (χ1v) is 7.33. The van der Waals surface area contributed by atoms with E-state index in [1.807, 2.05) is 0 Å². The minimum absolute atomic E-state index is 0.527. The maximum absolute atomic E-state index is 2.49. The van der Waals surface area contributed by atoms with E-state index in [0.717, 1.165) is 4.43 Å². The van der Waals surface area contributed by atoms with Crippen LogP contribution >= 0.6 is 22.6 Å². The number of hydrogen-bond donors (Lipinski definition) is 0. The van der Waals surface area contributed by atoms with Crippen molar-refractivity contribution < 1.29 is 0 Å². The number of alkyl halides is 1. The lowest BCUT2D eigenvalue weighted by Crippen LogP contribution is -2.22. The fourth-order valence-electron chi connectivity index (χ4n) is 2.64. The Bertz CT molecular complexity index is 503. The lowest BCUT2D eigenvalue weighted by atomic mass is 9.86. The largest absolute Gasteiger partial charge is 0.344 e. The van der Waals surface area contributed by atoms with Gasteiger partial charge in [-0.2, -0.15) is 0 Å². The summed E-state index contributed by atoms with van der Waals surface area (Å²) in [5, 5.41) is 0. The van der Waals surface area contributed by atoms with Crippen molar-refractivity contribution in [1.82, 2.24) is 0 Å². The predicted octanol–water partition coefficient (Wildman–Crippen LogP) is 4.33. The molecule has 1 nitrogen and oxygen atoms in total. The zero-order valence-corrected chi connectivity index (χ0v) is 11.9. The number of nitrogens with zero attached hydrogens (tertiary/aromatic N) is 1. The van der Waals surface area contributed by atoms with Crippen molar-refractivity contribution in [3.63, 3.8) is 0 Å². The summed E-state index contributed by atoms with van der Waals surface area (Å²) in [6.07, 6.45) is 0. The smallest absolute Gasteiger partial charge is 0.0447 e. The first-order chi connectivity index (χ1) is 8.33. The van der Waals surface area contributed by atoms with Crippen molar-refractivity contribution in [2.75, 3.05) is 16.4 Å². The third kappa shape index (κ3) is 1.66. The number of hydrogen-bond acceptors (Lipinski definition) is 1. The van der Waals surface area contributed by atoms with Crippen LogP contribution in [-0.2, 0) is 0 Å². The van der Waals surface area contributed by atoms with Crippen molar-refractivity contribution in [2.24, 2.45) is 0 Å². The summed E-state index contributed by atoms with van der Waals surface area (Å²) < 4.78 is 1.12. The standard InChI is InChI=1S/C15H14IN/c1-17-14-8-4-2-6-11(14)13(10-16)12-7-3-5-9-15(12)17/h2-9,13H,10H2,1H3. The number of anilines is 2. The molecule has 3 rings (SSSR count). The zero-order chi connectivity index (χ0) is 11.8. The highest BCUT2D eigenvalue weighted by Gasteiger charge is 2.26. The van der Waals surface area contributed by atoms with E-state index < -0.39 is 0 Å². The predicted molar refractivity (Wildman–Crippen MR) is 81.7 cm³/mol. The normalized spacial score (nSPS) is 14.4. The molecule has 0 aromatic heterocycles. The van der Waals surface area contributed by atoms with Gasteiger partial charge in [-0.1, -0.05) is 59.0 Å². The number of benzene rings is 2. The van der Waals surface area contributed by atoms with E-state index in [0.29, 0.717) is 5.92 Å². The molecule has 0 fully saturated rings. The van der Waals surface area contributed by atoms with E-state index in [-0.39, 0.29) is 0 Å². The first-order valence-electron chi connectivity index (χ1n) is 5.80. The second kappa shape index (κ2) is 4.33. The average molecular weight is 335 g/mol. The van der Waals surface area contributed by atoms with E-state index in [1.54, 1.807) is 0 Å². The zero-order valence-electron chi connectivity index (χ0n) is 9.73. The molecule has 0 amide bonds. The summed E-state index contributed by atoms with van der Waals surface area (Å²) in [6.45, 7) is 0. The third-order valence-corrected chi connectivity index (χ3v) is 4.38. The van der Waals surface area contributed by atoms with Gasteiger partial charge in [-0.15, -0.1) is 0 Å². The lowest BCUT2D eigenvalue weighted by molar-refractivity contribution is 0.906. The summed E-state index contributed by atoms with van der Waals surface area (Å²) in [7, 11) is 2.15. The molecule has 1 aliphatic rings. The Morgan fingerprint density at radius 3 is 1.88 bits per heavy atom. The van der Waals surface area contributed by atoms with Crippen molar-refractivity contribution in [3.05, 3.63) is 59.7 Å². The summed E-state index contributed by atoms with van der Waals surface area (Å²) >= 11 is 2.49. The molecular weight excluding hydrogens is 321 g/mol. The average Bonchev–Trinajstić information content (AvgIpc) is 2.40. The van der Waals surface area contributed by atoms with Gasteiger partial charge in [0.25, 0.3) is 0 Å². The molecule has 0 radical (unpaired) electrons. The van der Waals surface area contributed by atoms with Crippen LogP contribution in [0.5, 0.6) is 0 Å². The van der Waals surface area contributed by atoms with Gasteiger partial charge in [-0.05, 0) is 23.3 Å². The SMILES string of the molecule is CN1c2ccccc2C(CI)c2ccccc21. The molecule has 2 heteroatoms. The molecular formula is C15H14IN. The topological polar surface area (TPSA) is 3.24 Å². The Morgan fingerprint density at radius 1 is 0.941 bits per heavy atom. The van der Waals surface area contributed by atoms with E-state index in [2.05, 4.69) is 83.1 Å². The molecule has 0 N–H and O–H groups in total. The minimum atomic E-state index is 0.527. The molecule has 17 heavy (non-hydrogen) atoms. The van der Waals surface area contributed by atoms with Crippen molar-refractivity contribution in [3.8, 4) is 0 Å². The number of rotatable bonds is 1. The van der Waals surface area contributed by atoms with E-state index in [4.69, 9.17) is 0 Å². The Kier molecular flexibility index (Phi) is 2.82. The van der Waals surface area contributed by atoms with Gasteiger partial charge in [0.15, 0.2) is 0 Å². The van der Waals surface area contributed by atoms with Crippen LogP contribution in [0.3, 0.4) is 0 Å². The van der Waals surface area contributed by atoms with Crippen LogP contribution in [0.1, 0.15) is 17.0 Å². The van der Waals surface area contributed by atoms with Crippen LogP contribution in [-0.4, -0.2) is 11.5 Å². The monoisotopic (exact) mass is 335 g/mol. The molecule has 2 aromatic rings. The molecule has 2 aromatic carbocycles. The highest BCUT2D eigenvalue weighted by atomic mass is 127. The molecule has 0 atom stereocenters. The maximum Gasteiger partial charge on any atom is 0.0447 e. The summed E-state index contributed by atoms with van der Waals surface area (Å²) in [4.78, 5) is 2.30. The minimum Gasteiger partial charge on any atom is -0.344 e. The summed E-state index contributed by atoms with van der Waals surface area (Å²) in [6, 6.07) is 17.5. The second-order valence-corrected chi connectivity index (χ2v) is 5.26. The molecule has 0 aliphatic carbocycles. The Morgan fingerprint density at radius 2 is 1.41 bits per heavy atom. The Labute approximate surface area is 116 Å². The molecule has 0 saturated carbocycles. The fraction of sp³-hybridized carbons (Fsp3) is 0.200. The van der Waals surface area contributed by atoms with Crippen molar-refractivity contribution >= 4 is 34.0 Å². The number of halogens is 1. The van der Waals surface area contributed by atoms with Crippen LogP contribution in [0, 0.1) is 0 Å². The third-order valence-electron chi connectivity index (χ3n) is 3.50. The van der Waals surface area contributed by atoms with Crippen LogP contribution in [0.4, 0.5) is 11.4 Å². The Hall–Kier alpha value is -1.03. The van der Waals surface area contributed by atoms with Gasteiger partial charge in [0.05, 0.1) is 0 Å². The van der Waals surface area contributed by atoms with E-state index >= 15 is 0 Å². The summed E-state index contributed by atoms with van der Waals surface area (Å²) in [5.41, 5.74) is 5.58. The van der Waals surface area contributed by atoms with E-state index in [1.165, 1.54) is 22.5 Å². The number of fused-ring (bicyclic) bond motifs is 2. The number of para-hydroxylation sites is 2.